The molecule has 0 saturated heterocycles. The molecule has 2 rings (SSSR count). The van der Waals surface area contributed by atoms with Gasteiger partial charge in [0.1, 0.15) is 6.33 Å². The van der Waals surface area contributed by atoms with E-state index >= 15 is 0 Å². The predicted octanol–water partition coefficient (Wildman–Crippen LogP) is 2.66. The molecule has 0 amide bonds. The van der Waals surface area contributed by atoms with Crippen molar-refractivity contribution in [1.82, 2.24) is 9.97 Å². The molecule has 1 aliphatic carbocycles. The van der Waals surface area contributed by atoms with E-state index in [0.29, 0.717) is 30.2 Å². The molecule has 1 unspecified atom stereocenters. The van der Waals surface area contributed by atoms with E-state index in [4.69, 9.17) is 0 Å². The van der Waals surface area contributed by atoms with Crippen molar-refractivity contribution in [1.29, 1.82) is 0 Å². The number of aromatic nitrogens is 2. The average Bonchev–Trinajstić information content (AvgIpc) is 3.01. The highest BCUT2D eigenvalue weighted by Crippen LogP contribution is 2.51. The molecule has 1 fully saturated rings. The molecule has 1 aromatic rings. The van der Waals surface area contributed by atoms with Crippen LogP contribution in [0.3, 0.4) is 0 Å². The van der Waals surface area contributed by atoms with Crippen LogP contribution in [-0.2, 0) is 0 Å². The molecule has 1 atom stereocenters. The van der Waals surface area contributed by atoms with Gasteiger partial charge in [0.25, 0.3) is 0 Å². The summed E-state index contributed by atoms with van der Waals surface area (Å²) in [4.78, 5) is 18.8. The second-order valence-electron chi connectivity index (χ2n) is 5.87. The maximum atomic E-state index is 11.2. The number of hydrogen-bond acceptors (Lipinski definition) is 6. The zero-order valence-electron chi connectivity index (χ0n) is 12.1. The summed E-state index contributed by atoms with van der Waals surface area (Å²) in [6.45, 7) is 7.74. The lowest BCUT2D eigenvalue weighted by molar-refractivity contribution is -0.383. The van der Waals surface area contributed by atoms with Gasteiger partial charge in [-0.2, -0.15) is 0 Å². The number of nitrogens with one attached hydrogen (secondary N) is 2. The molecular weight excluding hydrogens is 258 g/mol. The fourth-order valence-corrected chi connectivity index (χ4v) is 2.20. The van der Waals surface area contributed by atoms with Crippen LogP contribution in [0.2, 0.25) is 0 Å². The first-order valence-electron chi connectivity index (χ1n) is 6.93. The van der Waals surface area contributed by atoms with Gasteiger partial charge in [0.2, 0.25) is 11.6 Å². The summed E-state index contributed by atoms with van der Waals surface area (Å²) in [5.74, 6) is 1.12. The number of hydrogen-bond donors (Lipinski definition) is 2. The van der Waals surface area contributed by atoms with Crippen LogP contribution in [0, 0.1) is 21.4 Å². The monoisotopic (exact) mass is 279 g/mol. The Kier molecular flexibility index (Phi) is 4.06. The van der Waals surface area contributed by atoms with Crippen molar-refractivity contribution in [2.45, 2.75) is 33.6 Å². The number of nitrogens with zero attached hydrogens (tertiary/aromatic N) is 3. The molecule has 1 aliphatic rings. The van der Waals surface area contributed by atoms with E-state index in [1.807, 2.05) is 6.92 Å². The average molecular weight is 279 g/mol. The number of anilines is 2. The highest BCUT2D eigenvalue weighted by atomic mass is 16.6. The Balaban J connectivity index is 2.12. The molecule has 7 nitrogen and oxygen atoms in total. The van der Waals surface area contributed by atoms with Gasteiger partial charge in [-0.15, -0.1) is 0 Å². The van der Waals surface area contributed by atoms with Crippen LogP contribution in [0.5, 0.6) is 0 Å². The maximum Gasteiger partial charge on any atom is 0.353 e. The van der Waals surface area contributed by atoms with Gasteiger partial charge < -0.3 is 10.6 Å². The first-order valence-corrected chi connectivity index (χ1v) is 6.93. The molecule has 2 N–H and O–H groups in total. The summed E-state index contributed by atoms with van der Waals surface area (Å²) < 4.78 is 0. The fourth-order valence-electron chi connectivity index (χ4n) is 2.20. The van der Waals surface area contributed by atoms with Crippen molar-refractivity contribution in [3.05, 3.63) is 16.4 Å². The third kappa shape index (κ3) is 3.15. The van der Waals surface area contributed by atoms with E-state index in [1.54, 1.807) is 0 Å². The normalized spacial score (nSPS) is 19.4. The molecule has 110 valence electrons. The van der Waals surface area contributed by atoms with Gasteiger partial charge in [-0.25, -0.2) is 9.97 Å². The zero-order chi connectivity index (χ0) is 14.8. The molecule has 1 saturated carbocycles. The van der Waals surface area contributed by atoms with Crippen molar-refractivity contribution in [2.24, 2.45) is 11.3 Å². The van der Waals surface area contributed by atoms with Crippen LogP contribution in [0.25, 0.3) is 0 Å². The zero-order valence-corrected chi connectivity index (χ0v) is 12.1. The van der Waals surface area contributed by atoms with E-state index in [0.717, 1.165) is 12.8 Å². The summed E-state index contributed by atoms with van der Waals surface area (Å²) in [6, 6.07) is 0. The SMILES string of the molecule is CCCNc1ncnc(NCC2CC2(C)C)c1[N+](=O)[O-]. The maximum absolute atomic E-state index is 11.2. The van der Waals surface area contributed by atoms with Crippen LogP contribution in [0.1, 0.15) is 33.6 Å². The van der Waals surface area contributed by atoms with Gasteiger partial charge in [-0.05, 0) is 24.2 Å². The van der Waals surface area contributed by atoms with E-state index in [2.05, 4.69) is 34.4 Å². The molecule has 20 heavy (non-hydrogen) atoms. The first-order chi connectivity index (χ1) is 9.45. The van der Waals surface area contributed by atoms with Gasteiger partial charge in [0, 0.05) is 13.1 Å². The third-order valence-electron chi connectivity index (χ3n) is 3.78. The second kappa shape index (κ2) is 5.60. The van der Waals surface area contributed by atoms with Gasteiger partial charge in [-0.3, -0.25) is 10.1 Å². The molecule has 0 radical (unpaired) electrons. The molecule has 0 bridgehead atoms. The Labute approximate surface area is 118 Å². The number of rotatable bonds is 7. The lowest BCUT2D eigenvalue weighted by Gasteiger charge is -2.10. The van der Waals surface area contributed by atoms with E-state index in [-0.39, 0.29) is 11.5 Å². The smallest absolute Gasteiger partial charge is 0.353 e. The largest absolute Gasteiger partial charge is 0.364 e. The molecule has 0 spiro atoms. The molecule has 7 heteroatoms. The summed E-state index contributed by atoms with van der Waals surface area (Å²) in [6.07, 6.45) is 3.37. The van der Waals surface area contributed by atoms with Crippen molar-refractivity contribution in [3.63, 3.8) is 0 Å². The fraction of sp³-hybridized carbons (Fsp3) is 0.692. The predicted molar refractivity (Wildman–Crippen MR) is 77.8 cm³/mol. The van der Waals surface area contributed by atoms with E-state index < -0.39 is 4.92 Å². The van der Waals surface area contributed by atoms with Crippen LogP contribution < -0.4 is 10.6 Å². The van der Waals surface area contributed by atoms with Crippen LogP contribution >= 0.6 is 0 Å². The molecule has 1 heterocycles. The molecule has 0 aromatic carbocycles. The Morgan fingerprint density at radius 2 is 2.00 bits per heavy atom. The van der Waals surface area contributed by atoms with E-state index in [1.165, 1.54) is 6.33 Å². The van der Waals surface area contributed by atoms with Crippen LogP contribution in [0.15, 0.2) is 6.33 Å². The number of nitro groups is 1. The molecule has 1 aromatic heterocycles. The van der Waals surface area contributed by atoms with Crippen LogP contribution in [-0.4, -0.2) is 28.0 Å². The van der Waals surface area contributed by atoms with Gasteiger partial charge in [0.05, 0.1) is 4.92 Å². The Morgan fingerprint density at radius 1 is 1.40 bits per heavy atom. The summed E-state index contributed by atoms with van der Waals surface area (Å²) >= 11 is 0. The Morgan fingerprint density at radius 3 is 2.50 bits per heavy atom. The van der Waals surface area contributed by atoms with Crippen LogP contribution in [0.4, 0.5) is 17.3 Å². The summed E-state index contributed by atoms with van der Waals surface area (Å²) in [5.41, 5.74) is 0.261. The lowest BCUT2D eigenvalue weighted by atomic mass is 10.1. The van der Waals surface area contributed by atoms with Crippen molar-refractivity contribution >= 4 is 17.3 Å². The first kappa shape index (κ1) is 14.5. The second-order valence-corrected chi connectivity index (χ2v) is 5.87. The lowest BCUT2D eigenvalue weighted by Crippen LogP contribution is -2.13. The van der Waals surface area contributed by atoms with Gasteiger partial charge >= 0.3 is 5.69 Å². The highest BCUT2D eigenvalue weighted by Gasteiger charge is 2.45. The van der Waals surface area contributed by atoms with Crippen molar-refractivity contribution in [3.8, 4) is 0 Å². The molecular formula is C13H21N5O2. The minimum absolute atomic E-state index is 0.0700. The van der Waals surface area contributed by atoms with Gasteiger partial charge in [0.15, 0.2) is 0 Å². The third-order valence-corrected chi connectivity index (χ3v) is 3.78. The standard InChI is InChI=1S/C13H21N5O2/c1-4-5-14-11-10(18(19)20)12(17-8-16-11)15-7-9-6-13(9,2)3/h8-9H,4-7H2,1-3H3,(H2,14,15,16,17). The quantitative estimate of drug-likeness (QED) is 0.588. The van der Waals surface area contributed by atoms with Crippen molar-refractivity contribution in [2.75, 3.05) is 23.7 Å². The minimum Gasteiger partial charge on any atom is -0.364 e. The Hall–Kier alpha value is -1.92. The van der Waals surface area contributed by atoms with E-state index in [9.17, 15) is 10.1 Å². The van der Waals surface area contributed by atoms with Crippen molar-refractivity contribution < 1.29 is 4.92 Å². The summed E-state index contributed by atoms with van der Waals surface area (Å²) in [7, 11) is 0. The topological polar surface area (TPSA) is 93.0 Å². The minimum atomic E-state index is -0.432. The molecule has 0 aliphatic heterocycles. The Bertz CT molecular complexity index is 504. The van der Waals surface area contributed by atoms with Gasteiger partial charge in [-0.1, -0.05) is 20.8 Å². The highest BCUT2D eigenvalue weighted by molar-refractivity contribution is 5.69. The summed E-state index contributed by atoms with van der Waals surface area (Å²) in [5, 5.41) is 17.3.